The van der Waals surface area contributed by atoms with Crippen molar-refractivity contribution in [1.29, 1.82) is 0 Å². The third-order valence-corrected chi connectivity index (χ3v) is 5.68. The van der Waals surface area contributed by atoms with Crippen molar-refractivity contribution in [1.82, 2.24) is 9.21 Å². The predicted octanol–water partition coefficient (Wildman–Crippen LogP) is -2.54. The zero-order valence-corrected chi connectivity index (χ0v) is 12.4. The lowest BCUT2D eigenvalue weighted by Gasteiger charge is -2.33. The molecule has 0 unspecified atom stereocenters. The molecule has 1 saturated heterocycles. The molecule has 0 saturated carbocycles. The summed E-state index contributed by atoms with van der Waals surface area (Å²) in [6.45, 7) is 0.800. The summed E-state index contributed by atoms with van der Waals surface area (Å²) in [6, 6.07) is 0. The Bertz CT molecular complexity index is 520. The van der Waals surface area contributed by atoms with E-state index in [1.165, 1.54) is 9.21 Å². The van der Waals surface area contributed by atoms with E-state index in [2.05, 4.69) is 0 Å². The monoisotopic (exact) mass is 313 g/mol. The number of hydrogen-bond donors (Lipinski definition) is 1. The molecule has 19 heavy (non-hydrogen) atoms. The van der Waals surface area contributed by atoms with Gasteiger partial charge in [-0.1, -0.05) is 0 Å². The minimum atomic E-state index is -3.47. The molecule has 1 aliphatic heterocycles. The Labute approximate surface area is 113 Å². The molecule has 2 N–H and O–H groups in total. The summed E-state index contributed by atoms with van der Waals surface area (Å²) >= 11 is 0. The van der Waals surface area contributed by atoms with Crippen LogP contribution in [0.3, 0.4) is 0 Å². The molecule has 1 heterocycles. The molecule has 10 heteroatoms. The fraction of sp³-hybridized carbons (Fsp3) is 0.889. The molecule has 0 aliphatic carbocycles. The van der Waals surface area contributed by atoms with Gasteiger partial charge in [-0.3, -0.25) is 4.79 Å². The quantitative estimate of drug-likeness (QED) is 0.598. The second-order valence-electron chi connectivity index (χ2n) is 4.42. The Hall–Kier alpha value is -0.710. The van der Waals surface area contributed by atoms with Crippen LogP contribution in [0, 0.1) is 0 Å². The minimum absolute atomic E-state index is 0.0164. The van der Waals surface area contributed by atoms with Gasteiger partial charge in [0.15, 0.2) is 9.84 Å². The summed E-state index contributed by atoms with van der Waals surface area (Å²) in [5.74, 6) is -1.29. The number of nitrogens with two attached hydrogens (primary N) is 1. The van der Waals surface area contributed by atoms with E-state index in [9.17, 15) is 21.6 Å². The van der Waals surface area contributed by atoms with Crippen molar-refractivity contribution in [2.75, 3.05) is 50.5 Å². The van der Waals surface area contributed by atoms with Crippen LogP contribution in [0.1, 0.15) is 0 Å². The van der Waals surface area contributed by atoms with Crippen molar-refractivity contribution in [3.63, 3.8) is 0 Å². The number of rotatable bonds is 5. The highest BCUT2D eigenvalue weighted by Gasteiger charge is 2.28. The van der Waals surface area contributed by atoms with Gasteiger partial charge < -0.3 is 10.6 Å². The first-order valence-corrected chi connectivity index (χ1v) is 9.46. The average molecular weight is 313 g/mol. The minimum Gasteiger partial charge on any atom is -0.339 e. The number of carbonyl (C=O) groups excluding carboxylic acids is 1. The standard InChI is InChI=1S/C9H19N3O5S2/c1-18(14,15)12-5-3-11(4-6-12)9(13)8-19(16,17)7-2-10/h2-8,10H2,1H3. The van der Waals surface area contributed by atoms with Crippen LogP contribution in [-0.2, 0) is 24.7 Å². The van der Waals surface area contributed by atoms with Crippen molar-refractivity contribution < 1.29 is 21.6 Å². The van der Waals surface area contributed by atoms with Crippen LogP contribution in [-0.4, -0.2) is 82.4 Å². The van der Waals surface area contributed by atoms with Crippen LogP contribution in [0.4, 0.5) is 0 Å². The zero-order valence-electron chi connectivity index (χ0n) is 10.8. The number of piperazine rings is 1. The number of sulfonamides is 1. The van der Waals surface area contributed by atoms with E-state index in [-0.39, 0.29) is 38.5 Å². The Morgan fingerprint density at radius 2 is 1.63 bits per heavy atom. The Balaban J connectivity index is 2.55. The van der Waals surface area contributed by atoms with E-state index in [1.54, 1.807) is 0 Å². The van der Waals surface area contributed by atoms with Crippen LogP contribution in [0.2, 0.25) is 0 Å². The summed E-state index contributed by atoms with van der Waals surface area (Å²) < 4.78 is 46.8. The van der Waals surface area contributed by atoms with Gasteiger partial charge in [0.1, 0.15) is 5.75 Å². The summed E-state index contributed by atoms with van der Waals surface area (Å²) in [5.41, 5.74) is 5.16. The summed E-state index contributed by atoms with van der Waals surface area (Å²) in [6.07, 6.45) is 1.11. The molecule has 1 aliphatic rings. The largest absolute Gasteiger partial charge is 0.339 e. The average Bonchev–Trinajstić information content (AvgIpc) is 2.27. The molecule has 0 radical (unpaired) electrons. The first-order chi connectivity index (χ1) is 8.65. The van der Waals surface area contributed by atoms with Crippen LogP contribution >= 0.6 is 0 Å². The molecule has 0 bridgehead atoms. The maximum absolute atomic E-state index is 11.8. The van der Waals surface area contributed by atoms with Gasteiger partial charge in [0.05, 0.1) is 12.0 Å². The first-order valence-electron chi connectivity index (χ1n) is 5.79. The van der Waals surface area contributed by atoms with Crippen molar-refractivity contribution >= 4 is 25.8 Å². The van der Waals surface area contributed by atoms with Crippen molar-refractivity contribution in [2.45, 2.75) is 0 Å². The van der Waals surface area contributed by atoms with Gasteiger partial charge in [-0.2, -0.15) is 4.31 Å². The van der Waals surface area contributed by atoms with Crippen LogP contribution in [0.15, 0.2) is 0 Å². The topological polar surface area (TPSA) is 118 Å². The summed E-state index contributed by atoms with van der Waals surface area (Å²) in [4.78, 5) is 13.2. The Morgan fingerprint density at radius 3 is 2.05 bits per heavy atom. The predicted molar refractivity (Wildman–Crippen MR) is 70.7 cm³/mol. The lowest BCUT2D eigenvalue weighted by Crippen LogP contribution is -2.51. The molecular formula is C9H19N3O5S2. The van der Waals surface area contributed by atoms with Gasteiger partial charge >= 0.3 is 0 Å². The Kier molecular flexibility index (Phi) is 5.30. The fourth-order valence-electron chi connectivity index (χ4n) is 1.80. The number of nitrogens with zero attached hydrogens (tertiary/aromatic N) is 2. The zero-order chi connectivity index (χ0) is 14.7. The lowest BCUT2D eigenvalue weighted by atomic mass is 10.3. The lowest BCUT2D eigenvalue weighted by molar-refractivity contribution is -0.129. The summed E-state index contributed by atoms with van der Waals surface area (Å²) in [7, 11) is -6.73. The van der Waals surface area contributed by atoms with Gasteiger partial charge in [-0.25, -0.2) is 16.8 Å². The highest BCUT2D eigenvalue weighted by molar-refractivity contribution is 7.92. The van der Waals surface area contributed by atoms with E-state index < -0.39 is 31.5 Å². The first kappa shape index (κ1) is 16.3. The highest BCUT2D eigenvalue weighted by Crippen LogP contribution is 2.07. The number of hydrogen-bond acceptors (Lipinski definition) is 6. The normalized spacial score (nSPS) is 18.5. The molecule has 1 rings (SSSR count). The second kappa shape index (κ2) is 6.16. The Morgan fingerprint density at radius 1 is 1.11 bits per heavy atom. The number of sulfone groups is 1. The van der Waals surface area contributed by atoms with Gasteiger partial charge in [0.2, 0.25) is 15.9 Å². The molecule has 0 spiro atoms. The molecular weight excluding hydrogens is 294 g/mol. The molecule has 1 fully saturated rings. The van der Waals surface area contributed by atoms with Crippen molar-refractivity contribution in [3.05, 3.63) is 0 Å². The molecule has 0 atom stereocenters. The molecule has 0 aromatic heterocycles. The van der Waals surface area contributed by atoms with Crippen molar-refractivity contribution in [3.8, 4) is 0 Å². The van der Waals surface area contributed by atoms with Crippen LogP contribution < -0.4 is 5.73 Å². The molecule has 8 nitrogen and oxygen atoms in total. The van der Waals surface area contributed by atoms with E-state index in [0.29, 0.717) is 0 Å². The summed E-state index contributed by atoms with van der Waals surface area (Å²) in [5, 5.41) is 0. The maximum atomic E-state index is 11.8. The third-order valence-electron chi connectivity index (χ3n) is 2.83. The van der Waals surface area contributed by atoms with Gasteiger partial charge in [-0.05, 0) is 0 Å². The van der Waals surface area contributed by atoms with Crippen LogP contribution in [0.5, 0.6) is 0 Å². The number of carbonyl (C=O) groups is 1. The van der Waals surface area contributed by atoms with E-state index in [1.807, 2.05) is 0 Å². The maximum Gasteiger partial charge on any atom is 0.237 e. The smallest absolute Gasteiger partial charge is 0.237 e. The van der Waals surface area contributed by atoms with E-state index in [0.717, 1.165) is 6.26 Å². The second-order valence-corrected chi connectivity index (χ2v) is 8.59. The molecule has 1 amide bonds. The van der Waals surface area contributed by atoms with Crippen LogP contribution in [0.25, 0.3) is 0 Å². The number of amides is 1. The highest BCUT2D eigenvalue weighted by atomic mass is 32.2. The van der Waals surface area contributed by atoms with E-state index >= 15 is 0 Å². The van der Waals surface area contributed by atoms with Gasteiger partial charge in [0.25, 0.3) is 0 Å². The molecule has 112 valence electrons. The van der Waals surface area contributed by atoms with Gasteiger partial charge in [-0.15, -0.1) is 0 Å². The van der Waals surface area contributed by atoms with Crippen molar-refractivity contribution in [2.24, 2.45) is 5.73 Å². The van der Waals surface area contributed by atoms with E-state index in [4.69, 9.17) is 5.73 Å². The SMILES string of the molecule is CS(=O)(=O)N1CCN(C(=O)CS(=O)(=O)CCN)CC1. The third kappa shape index (κ3) is 5.05. The molecule has 0 aromatic carbocycles. The van der Waals surface area contributed by atoms with Gasteiger partial charge in [0, 0.05) is 32.7 Å². The fourth-order valence-corrected chi connectivity index (χ4v) is 3.69. The molecule has 0 aromatic rings.